The van der Waals surface area contributed by atoms with Gasteiger partial charge < -0.3 is 14.6 Å². The van der Waals surface area contributed by atoms with E-state index in [0.717, 1.165) is 3.97 Å². The van der Waals surface area contributed by atoms with Crippen LogP contribution >= 0.6 is 0 Å². The Labute approximate surface area is 156 Å². The molecular formula is C18H18N2O6S. The van der Waals surface area contributed by atoms with Crippen LogP contribution in [0.5, 0.6) is 11.5 Å². The Morgan fingerprint density at radius 2 is 1.93 bits per heavy atom. The zero-order valence-corrected chi connectivity index (χ0v) is 15.6. The zero-order valence-electron chi connectivity index (χ0n) is 14.7. The van der Waals surface area contributed by atoms with Crippen LogP contribution in [0.4, 0.5) is 0 Å². The van der Waals surface area contributed by atoms with E-state index in [9.17, 15) is 13.2 Å². The van der Waals surface area contributed by atoms with Crippen molar-refractivity contribution >= 4 is 26.9 Å². The quantitative estimate of drug-likeness (QED) is 0.659. The number of rotatable bonds is 7. The summed E-state index contributed by atoms with van der Waals surface area (Å²) in [6.45, 7) is 0. The molecule has 0 aliphatic heterocycles. The smallest absolute Gasteiger partial charge is 0.303 e. The van der Waals surface area contributed by atoms with Crippen LogP contribution in [0.15, 0.2) is 47.8 Å². The van der Waals surface area contributed by atoms with Gasteiger partial charge in [-0.25, -0.2) is 12.4 Å². The largest absolute Gasteiger partial charge is 0.493 e. The fourth-order valence-corrected chi connectivity index (χ4v) is 4.19. The molecule has 0 saturated carbocycles. The molecule has 0 spiro atoms. The van der Waals surface area contributed by atoms with Gasteiger partial charge in [0.1, 0.15) is 4.90 Å². The minimum absolute atomic E-state index is 0.0291. The number of carboxylic acid groups (broad SMARTS) is 1. The number of fused-ring (bicyclic) bond motifs is 1. The van der Waals surface area contributed by atoms with Crippen LogP contribution in [0.3, 0.4) is 0 Å². The van der Waals surface area contributed by atoms with Crippen molar-refractivity contribution in [3.63, 3.8) is 0 Å². The molecule has 9 heteroatoms. The lowest BCUT2D eigenvalue weighted by molar-refractivity contribution is -0.136. The van der Waals surface area contributed by atoms with Crippen molar-refractivity contribution in [3.8, 4) is 11.5 Å². The summed E-state index contributed by atoms with van der Waals surface area (Å²) < 4.78 is 37.9. The lowest BCUT2D eigenvalue weighted by atomic mass is 10.1. The number of aliphatic carboxylic acids is 1. The molecule has 2 aromatic heterocycles. The van der Waals surface area contributed by atoms with Gasteiger partial charge in [-0.15, -0.1) is 0 Å². The predicted octanol–water partition coefficient (Wildman–Crippen LogP) is 2.31. The summed E-state index contributed by atoms with van der Waals surface area (Å²) in [5, 5.41) is 9.58. The predicted molar refractivity (Wildman–Crippen MR) is 97.8 cm³/mol. The minimum Gasteiger partial charge on any atom is -0.493 e. The van der Waals surface area contributed by atoms with Crippen LogP contribution in [0, 0.1) is 0 Å². The van der Waals surface area contributed by atoms with Crippen LogP contribution in [0.1, 0.15) is 12.0 Å². The second-order valence-electron chi connectivity index (χ2n) is 5.76. The van der Waals surface area contributed by atoms with Gasteiger partial charge in [0.15, 0.2) is 11.5 Å². The highest BCUT2D eigenvalue weighted by molar-refractivity contribution is 7.90. The molecule has 0 bridgehead atoms. The number of ether oxygens (including phenoxy) is 2. The second-order valence-corrected chi connectivity index (χ2v) is 7.58. The number of aromatic nitrogens is 2. The average Bonchev–Trinajstić information content (AvgIpc) is 3.04. The molecule has 2 heterocycles. The van der Waals surface area contributed by atoms with Gasteiger partial charge in [0.05, 0.1) is 19.7 Å². The summed E-state index contributed by atoms with van der Waals surface area (Å²) in [4.78, 5) is 14.9. The highest BCUT2D eigenvalue weighted by Crippen LogP contribution is 2.36. The number of carboxylic acids is 1. The van der Waals surface area contributed by atoms with Crippen molar-refractivity contribution in [2.45, 2.75) is 17.7 Å². The molecule has 1 aromatic carbocycles. The highest BCUT2D eigenvalue weighted by Gasteiger charge is 2.23. The van der Waals surface area contributed by atoms with E-state index < -0.39 is 16.0 Å². The topological polar surface area (TPSA) is 108 Å². The molecule has 1 N–H and O–H groups in total. The van der Waals surface area contributed by atoms with Crippen molar-refractivity contribution in [1.29, 1.82) is 0 Å². The molecule has 0 aliphatic rings. The summed E-state index contributed by atoms with van der Waals surface area (Å²) in [5.41, 5.74) is 0.956. The SMILES string of the molecule is COc1cc2c(CCC(=O)O)cn(S(=O)(=O)c3cccnc3)c2cc1OC. The molecule has 27 heavy (non-hydrogen) atoms. The molecule has 0 radical (unpaired) electrons. The first kappa shape index (κ1) is 18.7. The molecule has 8 nitrogen and oxygen atoms in total. The summed E-state index contributed by atoms with van der Waals surface area (Å²) in [6.07, 6.45) is 4.24. The van der Waals surface area contributed by atoms with Gasteiger partial charge in [0.25, 0.3) is 10.0 Å². The maximum Gasteiger partial charge on any atom is 0.303 e. The fourth-order valence-electron chi connectivity index (χ4n) is 2.84. The third-order valence-corrected chi connectivity index (χ3v) is 5.81. The van der Waals surface area contributed by atoms with E-state index >= 15 is 0 Å². The van der Waals surface area contributed by atoms with Gasteiger partial charge in [0, 0.05) is 36.5 Å². The van der Waals surface area contributed by atoms with Gasteiger partial charge >= 0.3 is 5.97 Å². The minimum atomic E-state index is -3.92. The molecule has 0 aliphatic carbocycles. The lowest BCUT2D eigenvalue weighted by Gasteiger charge is -2.10. The van der Waals surface area contributed by atoms with Gasteiger partial charge in [-0.3, -0.25) is 9.78 Å². The Bertz CT molecular complexity index is 1090. The lowest BCUT2D eigenvalue weighted by Crippen LogP contribution is -2.12. The molecule has 142 valence electrons. The van der Waals surface area contributed by atoms with Crippen molar-refractivity contribution in [3.05, 3.63) is 48.4 Å². The molecule has 0 amide bonds. The van der Waals surface area contributed by atoms with Crippen molar-refractivity contribution in [1.82, 2.24) is 8.96 Å². The monoisotopic (exact) mass is 390 g/mol. The third-order valence-electron chi connectivity index (χ3n) is 4.16. The van der Waals surface area contributed by atoms with Crippen LogP contribution in [-0.2, 0) is 21.2 Å². The van der Waals surface area contributed by atoms with Gasteiger partial charge in [-0.05, 0) is 30.2 Å². The van der Waals surface area contributed by atoms with Crippen LogP contribution in [0.2, 0.25) is 0 Å². The number of nitrogens with zero attached hydrogens (tertiary/aromatic N) is 2. The molecule has 0 atom stereocenters. The molecule has 0 saturated heterocycles. The molecule has 0 fully saturated rings. The number of carbonyl (C=O) groups is 1. The van der Waals surface area contributed by atoms with Crippen LogP contribution in [0.25, 0.3) is 10.9 Å². The van der Waals surface area contributed by atoms with Crippen molar-refractivity contribution in [2.24, 2.45) is 0 Å². The van der Waals surface area contributed by atoms with E-state index in [0.29, 0.717) is 28.0 Å². The second kappa shape index (κ2) is 7.28. The van der Waals surface area contributed by atoms with Crippen molar-refractivity contribution in [2.75, 3.05) is 14.2 Å². The first-order valence-electron chi connectivity index (χ1n) is 8.02. The first-order valence-corrected chi connectivity index (χ1v) is 9.46. The maximum absolute atomic E-state index is 13.1. The first-order chi connectivity index (χ1) is 12.9. The Morgan fingerprint density at radius 1 is 1.22 bits per heavy atom. The number of hydrogen-bond acceptors (Lipinski definition) is 6. The summed E-state index contributed by atoms with van der Waals surface area (Å²) in [7, 11) is -0.985. The third kappa shape index (κ3) is 3.45. The Balaban J connectivity index is 2.27. The zero-order chi connectivity index (χ0) is 19.6. The number of pyridine rings is 1. The maximum atomic E-state index is 13.1. The molecule has 3 aromatic rings. The number of hydrogen-bond donors (Lipinski definition) is 1. The van der Waals surface area contributed by atoms with E-state index in [1.807, 2.05) is 0 Å². The van der Waals surface area contributed by atoms with E-state index in [-0.39, 0.29) is 17.7 Å². The number of benzene rings is 1. The average molecular weight is 390 g/mol. The molecule has 3 rings (SSSR count). The summed E-state index contributed by atoms with van der Waals surface area (Å²) in [5.74, 6) is -0.167. The Morgan fingerprint density at radius 3 is 2.52 bits per heavy atom. The van der Waals surface area contributed by atoms with E-state index in [1.165, 1.54) is 44.9 Å². The molecular weight excluding hydrogens is 372 g/mol. The fraction of sp³-hybridized carbons (Fsp3) is 0.222. The van der Waals surface area contributed by atoms with Gasteiger partial charge in [-0.2, -0.15) is 0 Å². The normalized spacial score (nSPS) is 11.5. The molecule has 0 unspecified atom stereocenters. The van der Waals surface area contributed by atoms with E-state index in [2.05, 4.69) is 4.98 Å². The highest BCUT2D eigenvalue weighted by atomic mass is 32.2. The van der Waals surface area contributed by atoms with Crippen molar-refractivity contribution < 1.29 is 27.8 Å². The van der Waals surface area contributed by atoms with Crippen LogP contribution in [-0.4, -0.2) is 42.7 Å². The van der Waals surface area contributed by atoms with Gasteiger partial charge in [0.2, 0.25) is 0 Å². The summed E-state index contributed by atoms with van der Waals surface area (Å²) >= 11 is 0. The Kier molecular flexibility index (Phi) is 5.04. The van der Waals surface area contributed by atoms with E-state index in [4.69, 9.17) is 14.6 Å². The van der Waals surface area contributed by atoms with Crippen LogP contribution < -0.4 is 9.47 Å². The Hall–Kier alpha value is -3.07. The summed E-state index contributed by atoms with van der Waals surface area (Å²) in [6, 6.07) is 6.20. The van der Waals surface area contributed by atoms with Gasteiger partial charge in [-0.1, -0.05) is 0 Å². The number of methoxy groups -OCH3 is 2. The number of aryl methyl sites for hydroxylation is 1. The van der Waals surface area contributed by atoms with E-state index in [1.54, 1.807) is 12.1 Å². The standard InChI is InChI=1S/C18H18N2O6S/c1-25-16-8-14-12(5-6-18(21)22)11-20(15(14)9-17(16)26-2)27(23,24)13-4-3-7-19-10-13/h3-4,7-11H,5-6H2,1-2H3,(H,21,22).